The van der Waals surface area contributed by atoms with Gasteiger partial charge in [0.1, 0.15) is 10.6 Å². The monoisotopic (exact) mass is 460 g/mol. The molecule has 31 heavy (non-hydrogen) atoms. The maximum atomic E-state index is 13.1. The molecule has 11 heteroatoms. The van der Waals surface area contributed by atoms with E-state index in [0.717, 1.165) is 5.69 Å². The van der Waals surface area contributed by atoms with Crippen LogP contribution in [0, 0.1) is 0 Å². The first-order valence-corrected chi connectivity index (χ1v) is 11.4. The highest BCUT2D eigenvalue weighted by molar-refractivity contribution is 7.89. The summed E-state index contributed by atoms with van der Waals surface area (Å²) < 4.78 is 32.9. The summed E-state index contributed by atoms with van der Waals surface area (Å²) in [7, 11) is -2.29. The SMILES string of the molecule is COc1ccc(Cl)cc1S(=O)(=O)N1CCN(c2ccc(Nc3ccncc3)nn2)CC1. The largest absolute Gasteiger partial charge is 0.495 e. The van der Waals surface area contributed by atoms with E-state index in [9.17, 15) is 8.42 Å². The lowest BCUT2D eigenvalue weighted by molar-refractivity contribution is 0.373. The third-order valence-electron chi connectivity index (χ3n) is 4.91. The van der Waals surface area contributed by atoms with E-state index in [1.807, 2.05) is 29.2 Å². The van der Waals surface area contributed by atoms with Gasteiger partial charge in [0.2, 0.25) is 10.0 Å². The van der Waals surface area contributed by atoms with E-state index < -0.39 is 10.0 Å². The van der Waals surface area contributed by atoms with Crippen molar-refractivity contribution < 1.29 is 13.2 Å². The van der Waals surface area contributed by atoms with Crippen molar-refractivity contribution >= 4 is 38.9 Å². The maximum Gasteiger partial charge on any atom is 0.246 e. The first-order valence-electron chi connectivity index (χ1n) is 9.57. The fourth-order valence-corrected chi connectivity index (χ4v) is 5.13. The normalized spacial score (nSPS) is 15.0. The zero-order valence-corrected chi connectivity index (χ0v) is 18.3. The number of sulfonamides is 1. The molecule has 0 unspecified atom stereocenters. The van der Waals surface area contributed by atoms with Crippen LogP contribution in [-0.2, 0) is 10.0 Å². The number of halogens is 1. The molecule has 1 fully saturated rings. The quantitative estimate of drug-likeness (QED) is 0.599. The van der Waals surface area contributed by atoms with E-state index in [-0.39, 0.29) is 10.6 Å². The molecule has 0 bridgehead atoms. The zero-order valence-electron chi connectivity index (χ0n) is 16.8. The summed E-state index contributed by atoms with van der Waals surface area (Å²) in [5, 5.41) is 12.0. The van der Waals surface area contributed by atoms with Gasteiger partial charge in [0, 0.05) is 49.3 Å². The Kier molecular flexibility index (Phi) is 6.21. The Morgan fingerprint density at radius 1 is 1.00 bits per heavy atom. The van der Waals surface area contributed by atoms with Crippen molar-refractivity contribution in [1.29, 1.82) is 0 Å². The van der Waals surface area contributed by atoms with Gasteiger partial charge in [-0.25, -0.2) is 8.42 Å². The number of aromatic nitrogens is 3. The fourth-order valence-electron chi connectivity index (χ4n) is 3.29. The predicted octanol–water partition coefficient (Wildman–Crippen LogP) is 2.79. The van der Waals surface area contributed by atoms with Crippen molar-refractivity contribution in [2.75, 3.05) is 43.5 Å². The van der Waals surface area contributed by atoms with Crippen LogP contribution in [0.3, 0.4) is 0 Å². The van der Waals surface area contributed by atoms with Crippen LogP contribution < -0.4 is 15.0 Å². The average molecular weight is 461 g/mol. The molecule has 0 radical (unpaired) electrons. The smallest absolute Gasteiger partial charge is 0.246 e. The van der Waals surface area contributed by atoms with Gasteiger partial charge in [0.25, 0.3) is 0 Å². The number of nitrogens with zero attached hydrogens (tertiary/aromatic N) is 5. The molecule has 0 spiro atoms. The molecule has 1 saturated heterocycles. The molecule has 4 rings (SSSR count). The predicted molar refractivity (Wildman–Crippen MR) is 119 cm³/mol. The Labute approximate surface area is 185 Å². The second kappa shape index (κ2) is 9.04. The van der Waals surface area contributed by atoms with E-state index in [2.05, 4.69) is 20.5 Å². The molecular formula is C20H21ClN6O3S. The van der Waals surface area contributed by atoms with Crippen molar-refractivity contribution in [1.82, 2.24) is 19.5 Å². The Morgan fingerprint density at radius 2 is 1.74 bits per heavy atom. The first kappa shape index (κ1) is 21.3. The Balaban J connectivity index is 1.42. The molecule has 162 valence electrons. The fraction of sp³-hybridized carbons (Fsp3) is 0.250. The summed E-state index contributed by atoms with van der Waals surface area (Å²) in [5.74, 6) is 1.58. The van der Waals surface area contributed by atoms with Crippen molar-refractivity contribution in [2.45, 2.75) is 4.90 Å². The number of benzene rings is 1. The lowest BCUT2D eigenvalue weighted by Gasteiger charge is -2.34. The maximum absolute atomic E-state index is 13.1. The minimum atomic E-state index is -3.73. The number of anilines is 3. The second-order valence-corrected chi connectivity index (χ2v) is 9.17. The van der Waals surface area contributed by atoms with Crippen LogP contribution in [0.1, 0.15) is 0 Å². The summed E-state index contributed by atoms with van der Waals surface area (Å²) >= 11 is 6.02. The molecule has 1 N–H and O–H groups in total. The third kappa shape index (κ3) is 4.71. The van der Waals surface area contributed by atoms with Crippen LogP contribution in [0.5, 0.6) is 5.75 Å². The molecule has 3 heterocycles. The minimum absolute atomic E-state index is 0.0716. The average Bonchev–Trinajstić information content (AvgIpc) is 2.80. The number of nitrogens with one attached hydrogen (secondary N) is 1. The van der Waals surface area contributed by atoms with Gasteiger partial charge in [-0.2, -0.15) is 4.31 Å². The van der Waals surface area contributed by atoms with Crippen LogP contribution in [0.2, 0.25) is 5.02 Å². The van der Waals surface area contributed by atoms with Crippen molar-refractivity contribution in [3.63, 3.8) is 0 Å². The van der Waals surface area contributed by atoms with Gasteiger partial charge in [-0.15, -0.1) is 10.2 Å². The van der Waals surface area contributed by atoms with Crippen LogP contribution in [0.15, 0.2) is 59.8 Å². The van der Waals surface area contributed by atoms with Gasteiger partial charge >= 0.3 is 0 Å². The summed E-state index contributed by atoms with van der Waals surface area (Å²) in [6.45, 7) is 1.62. The Morgan fingerprint density at radius 3 is 2.39 bits per heavy atom. The van der Waals surface area contributed by atoms with E-state index in [4.69, 9.17) is 16.3 Å². The lowest BCUT2D eigenvalue weighted by Crippen LogP contribution is -2.49. The molecule has 1 aliphatic heterocycles. The molecule has 3 aromatic rings. The van der Waals surface area contributed by atoms with Gasteiger partial charge in [-0.05, 0) is 42.5 Å². The first-order chi connectivity index (χ1) is 15.0. The van der Waals surface area contributed by atoms with Crippen molar-refractivity contribution in [2.24, 2.45) is 0 Å². The Hall–Kier alpha value is -2.95. The molecule has 0 aliphatic carbocycles. The number of hydrogen-bond acceptors (Lipinski definition) is 8. The number of hydrogen-bond donors (Lipinski definition) is 1. The third-order valence-corrected chi connectivity index (χ3v) is 7.06. The lowest BCUT2D eigenvalue weighted by atomic mass is 10.3. The number of methoxy groups -OCH3 is 1. The Bertz CT molecular complexity index is 1140. The summed E-state index contributed by atoms with van der Waals surface area (Å²) in [6, 6.07) is 12.0. The van der Waals surface area contributed by atoms with Gasteiger partial charge < -0.3 is 15.0 Å². The molecule has 2 aromatic heterocycles. The van der Waals surface area contributed by atoms with Crippen molar-refractivity contribution in [3.05, 3.63) is 59.9 Å². The standard InChI is InChI=1S/C20H21ClN6O3S/c1-30-17-3-2-15(21)14-18(17)31(28,29)27-12-10-26(11-13-27)20-5-4-19(24-25-20)23-16-6-8-22-9-7-16/h2-9,14H,10-13H2,1H3,(H,22,23,24). The van der Waals surface area contributed by atoms with Crippen LogP contribution in [-0.4, -0.2) is 61.2 Å². The van der Waals surface area contributed by atoms with E-state index in [0.29, 0.717) is 42.8 Å². The van der Waals surface area contributed by atoms with Gasteiger partial charge in [0.05, 0.1) is 7.11 Å². The summed E-state index contributed by atoms with van der Waals surface area (Å²) in [6.07, 6.45) is 3.38. The topological polar surface area (TPSA) is 101 Å². The highest BCUT2D eigenvalue weighted by Gasteiger charge is 2.31. The molecule has 1 aromatic carbocycles. The van der Waals surface area contributed by atoms with Crippen LogP contribution in [0.4, 0.5) is 17.3 Å². The number of pyridine rings is 1. The minimum Gasteiger partial charge on any atom is -0.495 e. The zero-order chi connectivity index (χ0) is 21.8. The number of ether oxygens (including phenoxy) is 1. The molecule has 9 nitrogen and oxygen atoms in total. The summed E-state index contributed by atoms with van der Waals surface area (Å²) in [5.41, 5.74) is 0.868. The molecular weight excluding hydrogens is 440 g/mol. The highest BCUT2D eigenvalue weighted by Crippen LogP contribution is 2.30. The van der Waals surface area contributed by atoms with E-state index >= 15 is 0 Å². The van der Waals surface area contributed by atoms with E-state index in [1.54, 1.807) is 24.5 Å². The molecule has 1 aliphatic rings. The van der Waals surface area contributed by atoms with E-state index in [1.165, 1.54) is 17.5 Å². The second-order valence-electron chi connectivity index (χ2n) is 6.82. The summed E-state index contributed by atoms with van der Waals surface area (Å²) in [4.78, 5) is 6.05. The van der Waals surface area contributed by atoms with Crippen molar-refractivity contribution in [3.8, 4) is 5.75 Å². The van der Waals surface area contributed by atoms with Gasteiger partial charge in [-0.1, -0.05) is 11.6 Å². The van der Waals surface area contributed by atoms with Crippen LogP contribution >= 0.6 is 11.6 Å². The highest BCUT2D eigenvalue weighted by atomic mass is 35.5. The van der Waals surface area contributed by atoms with Gasteiger partial charge in [0.15, 0.2) is 11.6 Å². The van der Waals surface area contributed by atoms with Crippen LogP contribution in [0.25, 0.3) is 0 Å². The molecule has 0 saturated carbocycles. The van der Waals surface area contributed by atoms with Gasteiger partial charge in [-0.3, -0.25) is 4.98 Å². The number of rotatable bonds is 6. The molecule has 0 amide bonds. The number of piperazine rings is 1. The molecule has 0 atom stereocenters.